The molecule has 0 N–H and O–H groups in total. The Morgan fingerprint density at radius 2 is 1.17 bits per heavy atom. The molecule has 0 radical (unpaired) electrons. The van der Waals surface area contributed by atoms with E-state index in [9.17, 15) is 0 Å². The third-order valence-electron chi connectivity index (χ3n) is 6.80. The van der Waals surface area contributed by atoms with Crippen LogP contribution in [0.25, 0.3) is 44.1 Å². The fourth-order valence-electron chi connectivity index (χ4n) is 5.53. The Morgan fingerprint density at radius 1 is 0.586 bits per heavy atom. The number of hydrogen-bond donors (Lipinski definition) is 0. The van der Waals surface area contributed by atoms with E-state index in [1.165, 1.54) is 55.2 Å². The van der Waals surface area contributed by atoms with E-state index in [-0.39, 0.29) is 5.41 Å². The van der Waals surface area contributed by atoms with E-state index >= 15 is 0 Å². The lowest BCUT2D eigenvalue weighted by Gasteiger charge is -2.25. The van der Waals surface area contributed by atoms with Crippen LogP contribution in [0.3, 0.4) is 0 Å². The van der Waals surface area contributed by atoms with Gasteiger partial charge in [-0.25, -0.2) is 0 Å². The van der Waals surface area contributed by atoms with Gasteiger partial charge in [-0.1, -0.05) is 92.7 Å². The first-order valence-corrected chi connectivity index (χ1v) is 10.3. The lowest BCUT2D eigenvalue weighted by molar-refractivity contribution is 0.662. The zero-order chi connectivity index (χ0) is 19.8. The summed E-state index contributed by atoms with van der Waals surface area (Å²) < 4.78 is 2.36. The third kappa shape index (κ3) is 2.05. The number of para-hydroxylation sites is 2. The third-order valence-corrected chi connectivity index (χ3v) is 6.80. The maximum Gasteiger partial charge on any atom is 0.0568 e. The molecular weight excluding hydrogens is 350 g/mol. The Balaban J connectivity index is 1.74. The van der Waals surface area contributed by atoms with Crippen LogP contribution >= 0.6 is 0 Å². The van der Waals surface area contributed by atoms with Crippen LogP contribution in [-0.2, 0) is 12.5 Å². The molecule has 1 heteroatoms. The second kappa shape index (κ2) is 5.61. The molecule has 1 aromatic heterocycles. The summed E-state index contributed by atoms with van der Waals surface area (Å²) in [6.07, 6.45) is 0. The molecule has 0 saturated heterocycles. The Hall–Kier alpha value is -3.32. The smallest absolute Gasteiger partial charge is 0.0568 e. The van der Waals surface area contributed by atoms with E-state index in [0.29, 0.717) is 0 Å². The first kappa shape index (κ1) is 16.6. The molecule has 0 amide bonds. The highest BCUT2D eigenvalue weighted by Crippen LogP contribution is 2.52. The van der Waals surface area contributed by atoms with E-state index in [1.807, 2.05) is 0 Å². The van der Waals surface area contributed by atoms with Gasteiger partial charge in [-0.05, 0) is 33.9 Å². The highest BCUT2D eigenvalue weighted by Gasteiger charge is 2.37. The molecule has 1 nitrogen and oxygen atoms in total. The molecule has 0 atom stereocenters. The van der Waals surface area contributed by atoms with Crippen LogP contribution in [0.15, 0.2) is 84.9 Å². The van der Waals surface area contributed by atoms with Crippen molar-refractivity contribution in [3.8, 4) is 22.3 Å². The van der Waals surface area contributed by atoms with Gasteiger partial charge in [0, 0.05) is 34.3 Å². The predicted molar refractivity (Wildman–Crippen MR) is 123 cm³/mol. The maximum absolute atomic E-state index is 2.36. The van der Waals surface area contributed by atoms with Gasteiger partial charge in [0.05, 0.1) is 5.52 Å². The quantitative estimate of drug-likeness (QED) is 0.290. The average molecular weight is 373 g/mol. The molecule has 0 aliphatic heterocycles. The molecule has 5 aromatic rings. The summed E-state index contributed by atoms with van der Waals surface area (Å²) in [4.78, 5) is 0. The number of nitrogens with zero attached hydrogens (tertiary/aromatic N) is 1. The van der Waals surface area contributed by atoms with E-state index in [2.05, 4.69) is 110 Å². The normalized spacial score (nSPS) is 14.3. The predicted octanol–water partition coefficient (Wildman–Crippen LogP) is 7.30. The van der Waals surface area contributed by atoms with E-state index < -0.39 is 0 Å². The van der Waals surface area contributed by atoms with Gasteiger partial charge in [0.2, 0.25) is 0 Å². The van der Waals surface area contributed by atoms with Gasteiger partial charge >= 0.3 is 0 Å². The Labute approximate surface area is 171 Å². The molecule has 140 valence electrons. The average Bonchev–Trinajstić information content (AvgIpc) is 3.18. The van der Waals surface area contributed by atoms with Gasteiger partial charge in [0.25, 0.3) is 0 Å². The summed E-state index contributed by atoms with van der Waals surface area (Å²) in [6, 6.07) is 31.1. The topological polar surface area (TPSA) is 4.93 Å². The number of aryl methyl sites for hydroxylation is 1. The molecule has 0 unspecified atom stereocenters. The van der Waals surface area contributed by atoms with Crippen molar-refractivity contribution in [1.29, 1.82) is 0 Å². The summed E-state index contributed by atoms with van der Waals surface area (Å²) in [5.74, 6) is 0. The zero-order valence-electron chi connectivity index (χ0n) is 17.0. The molecular formula is C28H23N. The monoisotopic (exact) mass is 373 g/mol. The molecule has 29 heavy (non-hydrogen) atoms. The zero-order valence-corrected chi connectivity index (χ0v) is 17.0. The maximum atomic E-state index is 2.36. The summed E-state index contributed by atoms with van der Waals surface area (Å²) in [7, 11) is 2.19. The van der Waals surface area contributed by atoms with Gasteiger partial charge in [-0.3, -0.25) is 0 Å². The van der Waals surface area contributed by atoms with Crippen molar-refractivity contribution in [3.05, 3.63) is 96.1 Å². The van der Waals surface area contributed by atoms with Crippen molar-refractivity contribution in [2.45, 2.75) is 19.3 Å². The fraction of sp³-hybridized carbons (Fsp3) is 0.143. The van der Waals surface area contributed by atoms with E-state index in [4.69, 9.17) is 0 Å². The fourth-order valence-corrected chi connectivity index (χ4v) is 5.53. The van der Waals surface area contributed by atoms with Crippen molar-refractivity contribution in [1.82, 2.24) is 4.57 Å². The van der Waals surface area contributed by atoms with Crippen LogP contribution in [0.5, 0.6) is 0 Å². The second-order valence-electron chi connectivity index (χ2n) is 8.68. The van der Waals surface area contributed by atoms with Crippen LogP contribution < -0.4 is 0 Å². The van der Waals surface area contributed by atoms with Crippen molar-refractivity contribution in [3.63, 3.8) is 0 Å². The Bertz CT molecular complexity index is 1430. The van der Waals surface area contributed by atoms with Gasteiger partial charge < -0.3 is 4.57 Å². The molecule has 0 spiro atoms. The lowest BCUT2D eigenvalue weighted by atomic mass is 9.78. The van der Waals surface area contributed by atoms with Crippen molar-refractivity contribution in [2.75, 3.05) is 0 Å². The first-order valence-electron chi connectivity index (χ1n) is 10.3. The molecule has 0 fully saturated rings. The molecule has 1 aliphatic carbocycles. The number of hydrogen-bond acceptors (Lipinski definition) is 0. The Kier molecular flexibility index (Phi) is 3.21. The van der Waals surface area contributed by atoms with Gasteiger partial charge in [0.15, 0.2) is 0 Å². The molecule has 4 aromatic carbocycles. The number of fused-ring (bicyclic) bond motifs is 6. The minimum absolute atomic E-state index is 0.0186. The summed E-state index contributed by atoms with van der Waals surface area (Å²) in [5, 5.41) is 2.65. The summed E-state index contributed by atoms with van der Waals surface area (Å²) in [6.45, 7) is 4.73. The lowest BCUT2D eigenvalue weighted by Crippen LogP contribution is -2.16. The standard InChI is InChI=1S/C28H23N/c1-28(2)24-16-6-4-10-18(24)20-12-8-13-21(26(20)28)23-15-9-14-22-19-11-5-7-17-25(19)29(3)27(22)23/h4-17H,1-3H3. The minimum atomic E-state index is -0.0186. The van der Waals surface area contributed by atoms with Crippen molar-refractivity contribution >= 4 is 21.8 Å². The van der Waals surface area contributed by atoms with Crippen LogP contribution in [0.1, 0.15) is 25.0 Å². The van der Waals surface area contributed by atoms with Crippen LogP contribution in [0, 0.1) is 0 Å². The van der Waals surface area contributed by atoms with Crippen molar-refractivity contribution in [2.24, 2.45) is 7.05 Å². The number of benzene rings is 4. The molecule has 6 rings (SSSR count). The van der Waals surface area contributed by atoms with E-state index in [0.717, 1.165) is 0 Å². The SMILES string of the molecule is Cn1c2ccccc2c2cccc(-c3cccc4c3C(C)(C)c3ccccc3-4)c21. The molecule has 0 bridgehead atoms. The van der Waals surface area contributed by atoms with Gasteiger partial charge in [-0.15, -0.1) is 0 Å². The summed E-state index contributed by atoms with van der Waals surface area (Å²) >= 11 is 0. The van der Waals surface area contributed by atoms with Crippen LogP contribution in [0.2, 0.25) is 0 Å². The van der Waals surface area contributed by atoms with Gasteiger partial charge in [-0.2, -0.15) is 0 Å². The van der Waals surface area contributed by atoms with Crippen molar-refractivity contribution < 1.29 is 0 Å². The molecule has 1 heterocycles. The summed E-state index contributed by atoms with van der Waals surface area (Å²) in [5.41, 5.74) is 10.9. The largest absolute Gasteiger partial charge is 0.343 e. The van der Waals surface area contributed by atoms with Gasteiger partial charge in [0.1, 0.15) is 0 Å². The highest BCUT2D eigenvalue weighted by atomic mass is 14.9. The minimum Gasteiger partial charge on any atom is -0.343 e. The second-order valence-corrected chi connectivity index (χ2v) is 8.68. The number of rotatable bonds is 1. The first-order chi connectivity index (χ1) is 14.1. The molecule has 1 aliphatic rings. The number of aromatic nitrogens is 1. The molecule has 0 saturated carbocycles. The highest BCUT2D eigenvalue weighted by molar-refractivity contribution is 6.13. The van der Waals surface area contributed by atoms with Crippen LogP contribution in [0.4, 0.5) is 0 Å². The van der Waals surface area contributed by atoms with Crippen LogP contribution in [-0.4, -0.2) is 4.57 Å². The Morgan fingerprint density at radius 3 is 2.03 bits per heavy atom. The van der Waals surface area contributed by atoms with E-state index in [1.54, 1.807) is 0 Å².